The van der Waals surface area contributed by atoms with Crippen LogP contribution in [-0.2, 0) is 0 Å². The molecule has 16 heavy (non-hydrogen) atoms. The van der Waals surface area contributed by atoms with Crippen LogP contribution in [0.2, 0.25) is 0 Å². The van der Waals surface area contributed by atoms with Crippen LogP contribution in [-0.4, -0.2) is 12.1 Å². The van der Waals surface area contributed by atoms with Gasteiger partial charge in [0.05, 0.1) is 0 Å². The van der Waals surface area contributed by atoms with Gasteiger partial charge in [0.25, 0.3) is 0 Å². The maximum absolute atomic E-state index is 3.87. The summed E-state index contributed by atoms with van der Waals surface area (Å²) >= 11 is 0. The smallest absolute Gasteiger partial charge is 0.0210 e. The second-order valence-corrected chi connectivity index (χ2v) is 6.06. The first-order valence-corrected chi connectivity index (χ1v) is 7.55. The normalized spacial score (nSPS) is 40.1. The molecule has 1 saturated carbocycles. The van der Waals surface area contributed by atoms with Gasteiger partial charge in [-0.3, -0.25) is 0 Å². The second-order valence-electron chi connectivity index (χ2n) is 6.06. The van der Waals surface area contributed by atoms with Crippen LogP contribution in [0.3, 0.4) is 0 Å². The zero-order valence-electron chi connectivity index (χ0n) is 11.2. The molecule has 94 valence electrons. The Morgan fingerprint density at radius 2 is 1.88 bits per heavy atom. The minimum atomic E-state index is 0.549. The van der Waals surface area contributed by atoms with Crippen LogP contribution in [0.25, 0.3) is 0 Å². The quantitative estimate of drug-likeness (QED) is 0.756. The summed E-state index contributed by atoms with van der Waals surface area (Å²) in [5.41, 5.74) is 0.549. The molecule has 0 bridgehead atoms. The third-order valence-electron chi connectivity index (χ3n) is 5.18. The van der Waals surface area contributed by atoms with E-state index < -0.39 is 0 Å². The van der Waals surface area contributed by atoms with E-state index in [1.165, 1.54) is 64.3 Å². The Morgan fingerprint density at radius 1 is 1.12 bits per heavy atom. The van der Waals surface area contributed by atoms with Crippen molar-refractivity contribution in [2.45, 2.75) is 77.2 Å². The van der Waals surface area contributed by atoms with Gasteiger partial charge in [-0.25, -0.2) is 0 Å². The molecule has 1 atom stereocenters. The van der Waals surface area contributed by atoms with Crippen molar-refractivity contribution in [1.29, 1.82) is 0 Å². The van der Waals surface area contributed by atoms with Crippen LogP contribution in [0, 0.1) is 11.8 Å². The summed E-state index contributed by atoms with van der Waals surface area (Å²) in [6.45, 7) is 5.98. The molecule has 1 aliphatic heterocycles. The first kappa shape index (κ1) is 12.4. The monoisotopic (exact) mass is 223 g/mol. The van der Waals surface area contributed by atoms with E-state index >= 15 is 0 Å². The molecule has 1 aliphatic carbocycles. The zero-order chi connectivity index (χ0) is 11.4. The SMILES string of the molecule is CCCC1(C2CCC(CC)CC2)CCCN1. The van der Waals surface area contributed by atoms with Crippen molar-refractivity contribution in [3.05, 3.63) is 0 Å². The Kier molecular flexibility index (Phi) is 4.29. The Hall–Kier alpha value is -0.0400. The molecule has 1 nitrogen and oxygen atoms in total. The lowest BCUT2D eigenvalue weighted by molar-refractivity contribution is 0.142. The molecule has 2 aliphatic rings. The summed E-state index contributed by atoms with van der Waals surface area (Å²) < 4.78 is 0. The van der Waals surface area contributed by atoms with Crippen molar-refractivity contribution < 1.29 is 0 Å². The highest BCUT2D eigenvalue weighted by Gasteiger charge is 2.41. The third-order valence-corrected chi connectivity index (χ3v) is 5.18. The summed E-state index contributed by atoms with van der Waals surface area (Å²) in [7, 11) is 0. The molecule has 1 unspecified atom stereocenters. The summed E-state index contributed by atoms with van der Waals surface area (Å²) in [6.07, 6.45) is 13.0. The third kappa shape index (κ3) is 2.45. The van der Waals surface area contributed by atoms with E-state index in [2.05, 4.69) is 19.2 Å². The topological polar surface area (TPSA) is 12.0 Å². The molecular weight excluding hydrogens is 194 g/mol. The molecule has 1 heteroatoms. The Bertz CT molecular complexity index is 197. The van der Waals surface area contributed by atoms with Gasteiger partial charge in [-0.2, -0.15) is 0 Å². The second kappa shape index (κ2) is 5.53. The van der Waals surface area contributed by atoms with E-state index in [9.17, 15) is 0 Å². The number of hydrogen-bond acceptors (Lipinski definition) is 1. The Balaban J connectivity index is 1.94. The van der Waals surface area contributed by atoms with E-state index in [1.54, 1.807) is 0 Å². The minimum Gasteiger partial charge on any atom is -0.311 e. The van der Waals surface area contributed by atoms with E-state index in [0.29, 0.717) is 5.54 Å². The van der Waals surface area contributed by atoms with Gasteiger partial charge in [-0.05, 0) is 50.5 Å². The fourth-order valence-corrected chi connectivity index (χ4v) is 4.16. The molecule has 0 aromatic carbocycles. The summed E-state index contributed by atoms with van der Waals surface area (Å²) in [6, 6.07) is 0. The van der Waals surface area contributed by atoms with Gasteiger partial charge in [-0.1, -0.05) is 39.5 Å². The van der Waals surface area contributed by atoms with Crippen LogP contribution in [0.5, 0.6) is 0 Å². The lowest BCUT2D eigenvalue weighted by atomic mass is 9.69. The summed E-state index contributed by atoms with van der Waals surface area (Å²) in [4.78, 5) is 0. The molecule has 1 N–H and O–H groups in total. The van der Waals surface area contributed by atoms with Crippen molar-refractivity contribution in [2.75, 3.05) is 6.54 Å². The predicted octanol–water partition coefficient (Wildman–Crippen LogP) is 4.13. The number of hydrogen-bond donors (Lipinski definition) is 1. The largest absolute Gasteiger partial charge is 0.311 e. The highest BCUT2D eigenvalue weighted by Crippen LogP contribution is 2.42. The van der Waals surface area contributed by atoms with Gasteiger partial charge < -0.3 is 5.32 Å². The van der Waals surface area contributed by atoms with Gasteiger partial charge in [0.1, 0.15) is 0 Å². The van der Waals surface area contributed by atoms with E-state index in [-0.39, 0.29) is 0 Å². The van der Waals surface area contributed by atoms with E-state index in [0.717, 1.165) is 11.8 Å². The molecule has 1 saturated heterocycles. The average Bonchev–Trinajstić information content (AvgIpc) is 2.80. The van der Waals surface area contributed by atoms with E-state index in [4.69, 9.17) is 0 Å². The first-order chi connectivity index (χ1) is 7.80. The molecular formula is C15H29N. The molecule has 0 aromatic rings. The lowest BCUT2D eigenvalue weighted by Gasteiger charge is -2.42. The van der Waals surface area contributed by atoms with Crippen LogP contribution in [0.1, 0.15) is 71.6 Å². The van der Waals surface area contributed by atoms with Crippen molar-refractivity contribution in [3.8, 4) is 0 Å². The van der Waals surface area contributed by atoms with Crippen LogP contribution in [0.15, 0.2) is 0 Å². The number of nitrogens with one attached hydrogen (secondary N) is 1. The van der Waals surface area contributed by atoms with Crippen molar-refractivity contribution in [1.82, 2.24) is 5.32 Å². The maximum atomic E-state index is 3.87. The predicted molar refractivity (Wildman–Crippen MR) is 70.6 cm³/mol. The number of rotatable bonds is 4. The highest BCUT2D eigenvalue weighted by molar-refractivity contribution is 4.99. The molecule has 0 radical (unpaired) electrons. The molecule has 2 fully saturated rings. The summed E-state index contributed by atoms with van der Waals surface area (Å²) in [5, 5.41) is 3.87. The van der Waals surface area contributed by atoms with Gasteiger partial charge >= 0.3 is 0 Å². The van der Waals surface area contributed by atoms with Crippen LogP contribution in [0.4, 0.5) is 0 Å². The van der Waals surface area contributed by atoms with Gasteiger partial charge in [0, 0.05) is 5.54 Å². The highest BCUT2D eigenvalue weighted by atomic mass is 15.0. The molecule has 0 spiro atoms. The van der Waals surface area contributed by atoms with Gasteiger partial charge in [0.15, 0.2) is 0 Å². The first-order valence-electron chi connectivity index (χ1n) is 7.55. The maximum Gasteiger partial charge on any atom is 0.0210 e. The van der Waals surface area contributed by atoms with Crippen molar-refractivity contribution >= 4 is 0 Å². The van der Waals surface area contributed by atoms with Gasteiger partial charge in [-0.15, -0.1) is 0 Å². The summed E-state index contributed by atoms with van der Waals surface area (Å²) in [5.74, 6) is 2.02. The molecule has 0 aromatic heterocycles. The van der Waals surface area contributed by atoms with Crippen LogP contribution >= 0.6 is 0 Å². The fraction of sp³-hybridized carbons (Fsp3) is 1.00. The Labute approximate surface area is 101 Å². The van der Waals surface area contributed by atoms with Crippen LogP contribution < -0.4 is 5.32 Å². The lowest BCUT2D eigenvalue weighted by Crippen LogP contribution is -2.48. The Morgan fingerprint density at radius 3 is 2.38 bits per heavy atom. The molecule has 1 heterocycles. The standard InChI is InChI=1S/C15H29N/c1-3-10-15(11-5-12-16-15)14-8-6-13(4-2)7-9-14/h13-14,16H,3-12H2,1-2H3. The average molecular weight is 223 g/mol. The fourth-order valence-electron chi connectivity index (χ4n) is 4.16. The van der Waals surface area contributed by atoms with E-state index in [1.807, 2.05) is 0 Å². The zero-order valence-corrected chi connectivity index (χ0v) is 11.2. The van der Waals surface area contributed by atoms with Crippen molar-refractivity contribution in [2.24, 2.45) is 11.8 Å². The van der Waals surface area contributed by atoms with Crippen molar-refractivity contribution in [3.63, 3.8) is 0 Å². The molecule has 0 amide bonds. The van der Waals surface area contributed by atoms with Gasteiger partial charge in [0.2, 0.25) is 0 Å². The minimum absolute atomic E-state index is 0.549. The molecule has 2 rings (SSSR count).